The lowest BCUT2D eigenvalue weighted by atomic mass is 10.0. The first kappa shape index (κ1) is 19.0. The van der Waals surface area contributed by atoms with Crippen molar-refractivity contribution in [2.75, 3.05) is 12.8 Å². The predicted octanol–water partition coefficient (Wildman–Crippen LogP) is 4.28. The van der Waals surface area contributed by atoms with Crippen LogP contribution in [0.25, 0.3) is 16.6 Å². The van der Waals surface area contributed by atoms with Gasteiger partial charge in [0.25, 0.3) is 0 Å². The number of aryl methyl sites for hydroxylation is 1. The molecule has 0 unspecified atom stereocenters. The van der Waals surface area contributed by atoms with E-state index in [0.717, 1.165) is 39.9 Å². The molecule has 1 aliphatic rings. The lowest BCUT2D eigenvalue weighted by molar-refractivity contribution is -0.137. The summed E-state index contributed by atoms with van der Waals surface area (Å²) in [4.78, 5) is 0. The van der Waals surface area contributed by atoms with E-state index in [4.69, 9.17) is 0 Å². The summed E-state index contributed by atoms with van der Waals surface area (Å²) < 4.78 is 66.2. The molecule has 1 aromatic heterocycles. The van der Waals surface area contributed by atoms with E-state index < -0.39 is 21.8 Å². The first-order valence-corrected chi connectivity index (χ1v) is 10.7. The molecule has 0 saturated heterocycles. The average Bonchev–Trinajstić information content (AvgIpc) is 2.93. The summed E-state index contributed by atoms with van der Waals surface area (Å²) in [7, 11) is -3.33. The van der Waals surface area contributed by atoms with Gasteiger partial charge < -0.3 is 4.57 Å². The number of sulfonamides is 1. The van der Waals surface area contributed by atoms with E-state index in [9.17, 15) is 21.6 Å². The standard InChI is InChI=1S/C20H19F3N2O2S/c1-13-3-8-18-16(11-13)17-12-24(28(2,26)27)10-9-19(17)25(18)15-6-4-14(5-7-15)20(21,22)23/h3-8,11H,9-10,12H2,1-2H3. The van der Waals surface area contributed by atoms with Gasteiger partial charge >= 0.3 is 6.18 Å². The zero-order chi connectivity index (χ0) is 20.3. The Hall–Kier alpha value is -2.32. The second kappa shape index (κ2) is 6.35. The van der Waals surface area contributed by atoms with Crippen LogP contribution in [-0.4, -0.2) is 30.1 Å². The van der Waals surface area contributed by atoms with Crippen LogP contribution in [0.4, 0.5) is 13.2 Å². The Bertz CT molecular complexity index is 1160. The highest BCUT2D eigenvalue weighted by Crippen LogP contribution is 2.36. The summed E-state index contributed by atoms with van der Waals surface area (Å²) in [6.07, 6.45) is -2.70. The van der Waals surface area contributed by atoms with Crippen molar-refractivity contribution < 1.29 is 21.6 Å². The molecule has 0 fully saturated rings. The van der Waals surface area contributed by atoms with Crippen molar-refractivity contribution in [1.82, 2.24) is 8.87 Å². The maximum absolute atomic E-state index is 12.9. The highest BCUT2D eigenvalue weighted by molar-refractivity contribution is 7.88. The molecule has 3 aromatic rings. The number of benzene rings is 2. The number of aromatic nitrogens is 1. The van der Waals surface area contributed by atoms with Gasteiger partial charge in [-0.25, -0.2) is 8.42 Å². The van der Waals surface area contributed by atoms with Crippen molar-refractivity contribution in [3.63, 3.8) is 0 Å². The zero-order valence-electron chi connectivity index (χ0n) is 15.4. The number of rotatable bonds is 2. The first-order valence-electron chi connectivity index (χ1n) is 8.81. The smallest absolute Gasteiger partial charge is 0.313 e. The number of hydrogen-bond donors (Lipinski definition) is 0. The predicted molar refractivity (Wildman–Crippen MR) is 102 cm³/mol. The average molecular weight is 408 g/mol. The molecule has 0 spiro atoms. The maximum atomic E-state index is 12.9. The number of hydrogen-bond acceptors (Lipinski definition) is 2. The molecule has 4 nitrogen and oxygen atoms in total. The van der Waals surface area contributed by atoms with Crippen LogP contribution in [-0.2, 0) is 29.2 Å². The van der Waals surface area contributed by atoms with Gasteiger partial charge in [0, 0.05) is 36.3 Å². The van der Waals surface area contributed by atoms with Crippen LogP contribution in [0.5, 0.6) is 0 Å². The maximum Gasteiger partial charge on any atom is 0.416 e. The third-order valence-electron chi connectivity index (χ3n) is 5.19. The molecule has 0 amide bonds. The SMILES string of the molecule is Cc1ccc2c(c1)c1c(n2-c2ccc(C(F)(F)F)cc2)CCN(S(C)(=O)=O)C1. The molecule has 0 aliphatic carbocycles. The van der Waals surface area contributed by atoms with Crippen molar-refractivity contribution in [1.29, 1.82) is 0 Å². The van der Waals surface area contributed by atoms with Crippen molar-refractivity contribution in [3.05, 3.63) is 64.8 Å². The van der Waals surface area contributed by atoms with Gasteiger partial charge in [-0.15, -0.1) is 0 Å². The number of halogens is 3. The molecule has 0 atom stereocenters. The molecular formula is C20H19F3N2O2S. The minimum atomic E-state index is -4.39. The van der Waals surface area contributed by atoms with Crippen LogP contribution in [0, 0.1) is 6.92 Å². The van der Waals surface area contributed by atoms with Crippen molar-refractivity contribution in [2.24, 2.45) is 0 Å². The van der Waals surface area contributed by atoms with Gasteiger partial charge in [0.15, 0.2) is 0 Å². The Morgan fingerprint density at radius 2 is 1.71 bits per heavy atom. The zero-order valence-corrected chi connectivity index (χ0v) is 16.2. The van der Waals surface area contributed by atoms with Crippen LogP contribution in [0.15, 0.2) is 42.5 Å². The fraction of sp³-hybridized carbons (Fsp3) is 0.300. The molecule has 0 radical (unpaired) electrons. The summed E-state index contributed by atoms with van der Waals surface area (Å²) in [5.74, 6) is 0. The summed E-state index contributed by atoms with van der Waals surface area (Å²) in [6, 6.07) is 11.0. The molecule has 2 heterocycles. The third kappa shape index (κ3) is 3.20. The van der Waals surface area contributed by atoms with Crippen LogP contribution in [0.1, 0.15) is 22.4 Å². The third-order valence-corrected chi connectivity index (χ3v) is 6.44. The molecular weight excluding hydrogens is 389 g/mol. The quantitative estimate of drug-likeness (QED) is 0.635. The Kier molecular flexibility index (Phi) is 4.31. The first-order chi connectivity index (χ1) is 13.1. The van der Waals surface area contributed by atoms with E-state index in [-0.39, 0.29) is 6.54 Å². The van der Waals surface area contributed by atoms with Crippen molar-refractivity contribution in [3.8, 4) is 5.69 Å². The molecule has 148 valence electrons. The van der Waals surface area contributed by atoms with Crippen molar-refractivity contribution >= 4 is 20.9 Å². The van der Waals surface area contributed by atoms with E-state index in [1.54, 1.807) is 0 Å². The molecule has 0 bridgehead atoms. The topological polar surface area (TPSA) is 42.3 Å². The van der Waals surface area contributed by atoms with E-state index in [1.165, 1.54) is 22.7 Å². The minimum Gasteiger partial charge on any atom is -0.313 e. The van der Waals surface area contributed by atoms with Crippen LogP contribution in [0.2, 0.25) is 0 Å². The Labute approximate surface area is 161 Å². The summed E-state index contributed by atoms with van der Waals surface area (Å²) in [6.45, 7) is 2.57. The van der Waals surface area contributed by atoms with Gasteiger partial charge in [-0.3, -0.25) is 0 Å². The lowest BCUT2D eigenvalue weighted by Gasteiger charge is -2.26. The molecule has 28 heavy (non-hydrogen) atoms. The molecule has 4 rings (SSSR count). The fourth-order valence-corrected chi connectivity index (χ4v) is 4.61. The summed E-state index contributed by atoms with van der Waals surface area (Å²) >= 11 is 0. The number of nitrogens with zero attached hydrogens (tertiary/aromatic N) is 2. The van der Waals surface area contributed by atoms with Gasteiger partial charge in [0.1, 0.15) is 0 Å². The van der Waals surface area contributed by atoms with Gasteiger partial charge in [0.2, 0.25) is 10.0 Å². The van der Waals surface area contributed by atoms with Crippen LogP contribution < -0.4 is 0 Å². The lowest BCUT2D eigenvalue weighted by Crippen LogP contribution is -2.35. The largest absolute Gasteiger partial charge is 0.416 e. The van der Waals surface area contributed by atoms with Crippen LogP contribution in [0.3, 0.4) is 0 Å². The van der Waals surface area contributed by atoms with Crippen molar-refractivity contribution in [2.45, 2.75) is 26.1 Å². The van der Waals surface area contributed by atoms with Crippen LogP contribution >= 0.6 is 0 Å². The normalized spacial score (nSPS) is 15.8. The van der Waals surface area contributed by atoms with Gasteiger partial charge in [0.05, 0.1) is 17.3 Å². The Balaban J connectivity index is 1.91. The summed E-state index contributed by atoms with van der Waals surface area (Å²) in [5.41, 5.74) is 3.70. The molecule has 0 N–H and O–H groups in total. The highest BCUT2D eigenvalue weighted by atomic mass is 32.2. The number of fused-ring (bicyclic) bond motifs is 3. The van der Waals surface area contributed by atoms with E-state index in [2.05, 4.69) is 0 Å². The van der Waals surface area contributed by atoms with E-state index in [1.807, 2.05) is 29.7 Å². The fourth-order valence-electron chi connectivity index (χ4n) is 3.83. The summed E-state index contributed by atoms with van der Waals surface area (Å²) in [5, 5.41) is 0.934. The highest BCUT2D eigenvalue weighted by Gasteiger charge is 2.31. The Morgan fingerprint density at radius 1 is 1.04 bits per heavy atom. The van der Waals surface area contributed by atoms with Gasteiger partial charge in [-0.2, -0.15) is 17.5 Å². The second-order valence-electron chi connectivity index (χ2n) is 7.17. The molecule has 1 aliphatic heterocycles. The Morgan fingerprint density at radius 3 is 2.32 bits per heavy atom. The number of alkyl halides is 3. The molecule has 8 heteroatoms. The minimum absolute atomic E-state index is 0.266. The molecule has 2 aromatic carbocycles. The van der Waals surface area contributed by atoms with Gasteiger partial charge in [-0.05, 0) is 48.9 Å². The second-order valence-corrected chi connectivity index (χ2v) is 9.15. The van der Waals surface area contributed by atoms with E-state index >= 15 is 0 Å². The molecule has 0 saturated carbocycles. The van der Waals surface area contributed by atoms with Gasteiger partial charge in [-0.1, -0.05) is 11.6 Å². The monoisotopic (exact) mass is 408 g/mol. The van der Waals surface area contributed by atoms with E-state index in [0.29, 0.717) is 18.7 Å².